The number of Topliss-reactive ketones (excluding diaryl/α,β-unsaturated/α-hetero) is 1. The highest BCUT2D eigenvalue weighted by Crippen LogP contribution is 2.30. The van der Waals surface area contributed by atoms with E-state index in [1.807, 2.05) is 36.5 Å². The molecule has 2 aromatic heterocycles. The topological polar surface area (TPSA) is 42.9 Å². The van der Waals surface area contributed by atoms with Crippen molar-refractivity contribution in [1.82, 2.24) is 9.97 Å². The van der Waals surface area contributed by atoms with Gasteiger partial charge in [0.2, 0.25) is 5.78 Å². The summed E-state index contributed by atoms with van der Waals surface area (Å²) in [5.41, 5.74) is 1.96. The molecule has 1 atom stereocenters. The molecule has 1 unspecified atom stereocenters. The largest absolute Gasteiger partial charge is 0.290 e. The Bertz CT molecular complexity index is 902. The Morgan fingerprint density at radius 2 is 1.90 bits per heavy atom. The highest BCUT2D eigenvalue weighted by molar-refractivity contribution is 6.36. The van der Waals surface area contributed by atoms with Crippen LogP contribution < -0.4 is 0 Å². The first-order valence-corrected chi connectivity index (χ1v) is 6.72. The highest BCUT2D eigenvalue weighted by atomic mass is 35.5. The molecule has 0 amide bonds. The molecule has 3 nitrogen and oxygen atoms in total. The Morgan fingerprint density at radius 3 is 2.80 bits per heavy atom. The lowest BCUT2D eigenvalue weighted by atomic mass is 9.97. The summed E-state index contributed by atoms with van der Waals surface area (Å²) in [6.45, 7) is 0. The van der Waals surface area contributed by atoms with Gasteiger partial charge in [0.25, 0.3) is 0 Å². The van der Waals surface area contributed by atoms with Crippen LogP contribution in [0.1, 0.15) is 16.1 Å². The van der Waals surface area contributed by atoms with Gasteiger partial charge in [0.1, 0.15) is 11.1 Å². The summed E-state index contributed by atoms with van der Waals surface area (Å²) in [6.07, 6.45) is 7.06. The standard InChI is InChI=1S/C16H9ClN2O/c17-13-6-5-11-14-12(8-19-15(11)16(13)20)10-4-2-1-3-9(10)7-18-14/h1-8,13H. The zero-order chi connectivity index (χ0) is 13.7. The quantitative estimate of drug-likeness (QED) is 0.467. The van der Waals surface area contributed by atoms with Crippen LogP contribution >= 0.6 is 11.6 Å². The minimum atomic E-state index is -0.632. The maximum Gasteiger partial charge on any atom is 0.203 e. The second-order valence-corrected chi connectivity index (χ2v) is 5.22. The molecule has 96 valence electrons. The van der Waals surface area contributed by atoms with Crippen LogP contribution in [0.2, 0.25) is 0 Å². The van der Waals surface area contributed by atoms with Crippen molar-refractivity contribution < 1.29 is 4.79 Å². The molecule has 0 fully saturated rings. The minimum absolute atomic E-state index is 0.166. The summed E-state index contributed by atoms with van der Waals surface area (Å²) in [6, 6.07) is 8.00. The van der Waals surface area contributed by atoms with Gasteiger partial charge in [-0.15, -0.1) is 11.6 Å². The van der Waals surface area contributed by atoms with Gasteiger partial charge >= 0.3 is 0 Å². The summed E-state index contributed by atoms with van der Waals surface area (Å²) in [5, 5.41) is 2.46. The second-order valence-electron chi connectivity index (χ2n) is 4.75. The molecule has 0 saturated heterocycles. The average molecular weight is 281 g/mol. The number of alkyl halides is 1. The molecule has 1 aromatic carbocycles. The van der Waals surface area contributed by atoms with Gasteiger partial charge in [-0.05, 0) is 5.39 Å². The second kappa shape index (κ2) is 4.12. The normalized spacial score (nSPS) is 17.6. The van der Waals surface area contributed by atoms with Gasteiger partial charge in [-0.1, -0.05) is 36.4 Å². The van der Waals surface area contributed by atoms with Crippen molar-refractivity contribution in [2.24, 2.45) is 0 Å². The SMILES string of the molecule is O=C1c2ncc3c(ncc4ccccc43)c2C=CC1Cl. The summed E-state index contributed by atoms with van der Waals surface area (Å²) in [7, 11) is 0. The van der Waals surface area contributed by atoms with Gasteiger partial charge in [-0.2, -0.15) is 0 Å². The number of carbonyl (C=O) groups excluding carboxylic acids is 1. The summed E-state index contributed by atoms with van der Waals surface area (Å²) in [5.74, 6) is -0.166. The molecule has 4 heteroatoms. The fraction of sp³-hybridized carbons (Fsp3) is 0.0625. The Kier molecular flexibility index (Phi) is 2.38. The zero-order valence-corrected chi connectivity index (χ0v) is 11.1. The van der Waals surface area contributed by atoms with Crippen LogP contribution in [0.4, 0.5) is 0 Å². The van der Waals surface area contributed by atoms with E-state index in [0.29, 0.717) is 5.69 Å². The number of fused-ring (bicyclic) bond motifs is 5. The van der Waals surface area contributed by atoms with Crippen molar-refractivity contribution in [3.05, 3.63) is 54.0 Å². The van der Waals surface area contributed by atoms with E-state index in [-0.39, 0.29) is 5.78 Å². The van der Waals surface area contributed by atoms with Crippen molar-refractivity contribution in [3.63, 3.8) is 0 Å². The third-order valence-corrected chi connectivity index (χ3v) is 3.93. The minimum Gasteiger partial charge on any atom is -0.290 e. The predicted molar refractivity (Wildman–Crippen MR) is 80.0 cm³/mol. The molecule has 0 spiro atoms. The van der Waals surface area contributed by atoms with Crippen molar-refractivity contribution in [3.8, 4) is 0 Å². The monoisotopic (exact) mass is 280 g/mol. The molecule has 1 aliphatic carbocycles. The molecule has 1 aliphatic rings. The molecule has 3 aromatic rings. The van der Waals surface area contributed by atoms with E-state index in [1.54, 1.807) is 12.3 Å². The third kappa shape index (κ3) is 1.50. The number of pyridine rings is 2. The number of halogens is 1. The number of benzene rings is 1. The van der Waals surface area contributed by atoms with E-state index >= 15 is 0 Å². The summed E-state index contributed by atoms with van der Waals surface area (Å²) >= 11 is 5.94. The van der Waals surface area contributed by atoms with Crippen molar-refractivity contribution in [1.29, 1.82) is 0 Å². The summed E-state index contributed by atoms with van der Waals surface area (Å²) in [4.78, 5) is 20.8. The number of hydrogen-bond acceptors (Lipinski definition) is 3. The molecule has 0 radical (unpaired) electrons. The molecular formula is C16H9ClN2O. The number of nitrogens with zero attached hydrogens (tertiary/aromatic N) is 2. The maximum absolute atomic E-state index is 12.1. The molecule has 20 heavy (non-hydrogen) atoms. The average Bonchev–Trinajstić information content (AvgIpc) is 2.50. The predicted octanol–water partition coefficient (Wildman–Crippen LogP) is 3.60. The Hall–Kier alpha value is -2.26. The number of ketones is 1. The highest BCUT2D eigenvalue weighted by Gasteiger charge is 2.25. The van der Waals surface area contributed by atoms with Crippen LogP contribution in [-0.4, -0.2) is 21.1 Å². The maximum atomic E-state index is 12.1. The first kappa shape index (κ1) is 11.6. The third-order valence-electron chi connectivity index (χ3n) is 3.59. The van der Waals surface area contributed by atoms with Gasteiger partial charge in [0.05, 0.1) is 5.52 Å². The van der Waals surface area contributed by atoms with Crippen molar-refractivity contribution in [2.75, 3.05) is 0 Å². The van der Waals surface area contributed by atoms with Gasteiger partial charge in [-0.25, -0.2) is 0 Å². The Balaban J connectivity index is 2.15. The molecule has 4 rings (SSSR count). The zero-order valence-electron chi connectivity index (χ0n) is 10.4. The first-order valence-electron chi connectivity index (χ1n) is 6.28. The fourth-order valence-corrected chi connectivity index (χ4v) is 2.77. The van der Waals surface area contributed by atoms with Crippen LogP contribution in [0.5, 0.6) is 0 Å². The van der Waals surface area contributed by atoms with Crippen LogP contribution in [0, 0.1) is 0 Å². The van der Waals surface area contributed by atoms with E-state index in [4.69, 9.17) is 11.6 Å². The number of allylic oxidation sites excluding steroid dienone is 1. The molecule has 2 heterocycles. The lowest BCUT2D eigenvalue weighted by molar-refractivity contribution is 0.0993. The van der Waals surface area contributed by atoms with E-state index in [2.05, 4.69) is 9.97 Å². The Morgan fingerprint density at radius 1 is 1.05 bits per heavy atom. The van der Waals surface area contributed by atoms with Crippen molar-refractivity contribution in [2.45, 2.75) is 5.38 Å². The molecule has 0 N–H and O–H groups in total. The van der Waals surface area contributed by atoms with Gasteiger partial charge in [0.15, 0.2) is 0 Å². The van der Waals surface area contributed by atoms with Crippen LogP contribution in [0.3, 0.4) is 0 Å². The number of aromatic nitrogens is 2. The lowest BCUT2D eigenvalue weighted by Gasteiger charge is -2.14. The van der Waals surface area contributed by atoms with Crippen LogP contribution in [-0.2, 0) is 0 Å². The molecule has 0 bridgehead atoms. The number of rotatable bonds is 0. The Labute approximate surface area is 119 Å². The van der Waals surface area contributed by atoms with E-state index in [9.17, 15) is 4.79 Å². The lowest BCUT2D eigenvalue weighted by Crippen LogP contribution is -2.18. The molecule has 0 saturated carbocycles. The van der Waals surface area contributed by atoms with E-state index in [0.717, 1.165) is 27.2 Å². The van der Waals surface area contributed by atoms with Crippen LogP contribution in [0.25, 0.3) is 27.8 Å². The fourth-order valence-electron chi connectivity index (χ4n) is 2.60. The number of carbonyl (C=O) groups is 1. The number of hydrogen-bond donors (Lipinski definition) is 0. The van der Waals surface area contributed by atoms with Gasteiger partial charge in [0, 0.05) is 28.7 Å². The summed E-state index contributed by atoms with van der Waals surface area (Å²) < 4.78 is 0. The molecule has 0 aliphatic heterocycles. The smallest absolute Gasteiger partial charge is 0.203 e. The molecular weight excluding hydrogens is 272 g/mol. The van der Waals surface area contributed by atoms with Gasteiger partial charge in [-0.3, -0.25) is 14.8 Å². The van der Waals surface area contributed by atoms with E-state index in [1.165, 1.54) is 0 Å². The van der Waals surface area contributed by atoms with Crippen molar-refractivity contribution >= 4 is 45.1 Å². The van der Waals surface area contributed by atoms with Crippen LogP contribution in [0.15, 0.2) is 42.7 Å². The van der Waals surface area contributed by atoms with Gasteiger partial charge < -0.3 is 0 Å². The van der Waals surface area contributed by atoms with E-state index < -0.39 is 5.38 Å². The first-order chi connectivity index (χ1) is 9.75.